The molecule has 0 fully saturated rings. The molecule has 3 aromatic carbocycles. The summed E-state index contributed by atoms with van der Waals surface area (Å²) < 4.78 is 0. The SMILES string of the molecule is CC1=NN(c2ccc(C)c(C)c2)C(=O)C1N=Nc1cccc(-c2cccc(C(N=N)=NN)c2)c1O. The zero-order valence-corrected chi connectivity index (χ0v) is 19.5. The van der Waals surface area contributed by atoms with Crippen molar-refractivity contribution in [2.45, 2.75) is 26.8 Å². The highest BCUT2D eigenvalue weighted by Crippen LogP contribution is 2.38. The Morgan fingerprint density at radius 2 is 1.83 bits per heavy atom. The topological polar surface area (TPSA) is 152 Å². The number of hydrazone groups is 2. The first-order chi connectivity index (χ1) is 16.8. The van der Waals surface area contributed by atoms with Crippen molar-refractivity contribution in [3.8, 4) is 16.9 Å². The fourth-order valence-corrected chi connectivity index (χ4v) is 3.69. The van der Waals surface area contributed by atoms with E-state index in [1.165, 1.54) is 5.01 Å². The van der Waals surface area contributed by atoms with E-state index in [4.69, 9.17) is 11.4 Å². The average Bonchev–Trinajstić information content (AvgIpc) is 3.14. The van der Waals surface area contributed by atoms with Crippen LogP contribution in [-0.2, 0) is 4.79 Å². The Bertz CT molecular complexity index is 1410. The summed E-state index contributed by atoms with van der Waals surface area (Å²) in [5, 5.41) is 31.8. The smallest absolute Gasteiger partial charge is 0.280 e. The van der Waals surface area contributed by atoms with Gasteiger partial charge in [0.25, 0.3) is 5.91 Å². The van der Waals surface area contributed by atoms with Crippen LogP contribution in [0.2, 0.25) is 0 Å². The van der Waals surface area contributed by atoms with Crippen molar-refractivity contribution in [3.63, 3.8) is 0 Å². The number of amides is 1. The van der Waals surface area contributed by atoms with E-state index >= 15 is 0 Å². The summed E-state index contributed by atoms with van der Waals surface area (Å²) in [5.74, 6) is 4.94. The lowest BCUT2D eigenvalue weighted by Gasteiger charge is -2.14. The number of anilines is 1. The Balaban J connectivity index is 1.61. The van der Waals surface area contributed by atoms with Crippen molar-refractivity contribution in [2.75, 3.05) is 5.01 Å². The number of aryl methyl sites for hydroxylation is 2. The summed E-state index contributed by atoms with van der Waals surface area (Å²) in [5.41, 5.74) is 12.4. The molecule has 35 heavy (non-hydrogen) atoms. The zero-order chi connectivity index (χ0) is 25.1. The zero-order valence-electron chi connectivity index (χ0n) is 19.5. The molecule has 1 unspecified atom stereocenters. The summed E-state index contributed by atoms with van der Waals surface area (Å²) in [6.45, 7) is 5.70. The molecule has 4 rings (SSSR count). The molecule has 1 aliphatic rings. The number of carbonyl (C=O) groups is 1. The maximum absolute atomic E-state index is 13.0. The Labute approximate surface area is 202 Å². The first-order valence-corrected chi connectivity index (χ1v) is 10.8. The number of hydrogen-bond acceptors (Lipinski definition) is 8. The van der Waals surface area contributed by atoms with Crippen molar-refractivity contribution >= 4 is 28.8 Å². The summed E-state index contributed by atoms with van der Waals surface area (Å²) in [6.07, 6.45) is 0. The van der Waals surface area contributed by atoms with Gasteiger partial charge in [0.1, 0.15) is 5.69 Å². The van der Waals surface area contributed by atoms with Crippen molar-refractivity contribution in [3.05, 3.63) is 77.4 Å². The minimum atomic E-state index is -0.884. The minimum Gasteiger partial charge on any atom is -0.505 e. The molecule has 0 saturated heterocycles. The minimum absolute atomic E-state index is 0.0602. The van der Waals surface area contributed by atoms with Gasteiger partial charge in [0, 0.05) is 11.1 Å². The largest absolute Gasteiger partial charge is 0.505 e. The molecular weight excluding hydrogens is 444 g/mol. The van der Waals surface area contributed by atoms with Crippen LogP contribution in [-0.4, -0.2) is 28.6 Å². The van der Waals surface area contributed by atoms with Crippen LogP contribution in [0.3, 0.4) is 0 Å². The number of nitrogens with two attached hydrogens (primary N) is 1. The van der Waals surface area contributed by atoms with Gasteiger partial charge in [0.2, 0.25) is 0 Å². The van der Waals surface area contributed by atoms with Crippen molar-refractivity contribution < 1.29 is 9.90 Å². The Hall–Kier alpha value is -4.73. The van der Waals surface area contributed by atoms with E-state index in [1.54, 1.807) is 49.4 Å². The number of nitrogens with zero attached hydrogens (tertiary/aromatic N) is 6. The number of phenolic OH excluding ortho intramolecular Hbond substituents is 1. The highest BCUT2D eigenvalue weighted by molar-refractivity contribution is 6.18. The normalized spacial score (nSPS) is 16.1. The second-order valence-corrected chi connectivity index (χ2v) is 8.10. The van der Waals surface area contributed by atoms with Gasteiger partial charge < -0.3 is 10.9 Å². The molecule has 1 heterocycles. The van der Waals surface area contributed by atoms with Gasteiger partial charge in [-0.15, -0.1) is 5.11 Å². The number of nitrogens with one attached hydrogen (secondary N) is 1. The fourth-order valence-electron chi connectivity index (χ4n) is 3.69. The van der Waals surface area contributed by atoms with Gasteiger partial charge >= 0.3 is 0 Å². The standard InChI is InChI=1S/C25H24N8O2/c1-14-10-11-19(12-15(14)2)33-25(35)22(16(3)32-33)31-30-21-9-5-8-20(23(21)34)17-6-4-7-18(13-17)24(28-26)29-27/h4-13,22,26,34H,27H2,1-3H3. The van der Waals surface area contributed by atoms with E-state index in [0.717, 1.165) is 11.1 Å². The predicted molar refractivity (Wildman–Crippen MR) is 134 cm³/mol. The average molecular weight is 469 g/mol. The number of amidine groups is 1. The van der Waals surface area contributed by atoms with Gasteiger partial charge in [-0.1, -0.05) is 36.4 Å². The first kappa shape index (κ1) is 23.4. The molecular formula is C25H24N8O2. The van der Waals surface area contributed by atoms with E-state index < -0.39 is 6.04 Å². The number of aromatic hydroxyl groups is 1. The van der Waals surface area contributed by atoms with E-state index in [2.05, 4.69) is 25.5 Å². The van der Waals surface area contributed by atoms with Crippen molar-refractivity contribution in [1.82, 2.24) is 0 Å². The van der Waals surface area contributed by atoms with Crippen LogP contribution in [0.4, 0.5) is 11.4 Å². The maximum Gasteiger partial charge on any atom is 0.280 e. The molecule has 3 aromatic rings. The lowest BCUT2D eigenvalue weighted by atomic mass is 10.0. The summed E-state index contributed by atoms with van der Waals surface area (Å²) in [6, 6.07) is 16.8. The van der Waals surface area contributed by atoms with Crippen molar-refractivity contribution in [2.24, 2.45) is 31.4 Å². The Morgan fingerprint density at radius 1 is 1.06 bits per heavy atom. The molecule has 0 aromatic heterocycles. The van der Waals surface area contributed by atoms with E-state index in [9.17, 15) is 9.90 Å². The highest BCUT2D eigenvalue weighted by atomic mass is 16.3. The molecule has 1 atom stereocenters. The van der Waals surface area contributed by atoms with Crippen LogP contribution in [0.25, 0.3) is 11.1 Å². The number of azo groups is 1. The molecule has 0 radical (unpaired) electrons. The first-order valence-electron chi connectivity index (χ1n) is 10.8. The maximum atomic E-state index is 13.0. The molecule has 0 aliphatic carbocycles. The highest BCUT2D eigenvalue weighted by Gasteiger charge is 2.35. The van der Waals surface area contributed by atoms with Crippen molar-refractivity contribution in [1.29, 1.82) is 5.53 Å². The van der Waals surface area contributed by atoms with E-state index in [0.29, 0.717) is 28.1 Å². The summed E-state index contributed by atoms with van der Waals surface area (Å²) >= 11 is 0. The van der Waals surface area contributed by atoms with Gasteiger partial charge in [0.05, 0.1) is 11.4 Å². The molecule has 1 aliphatic heterocycles. The molecule has 10 nitrogen and oxygen atoms in total. The predicted octanol–water partition coefficient (Wildman–Crippen LogP) is 5.20. The van der Waals surface area contributed by atoms with Crippen LogP contribution < -0.4 is 10.9 Å². The van der Waals surface area contributed by atoms with Gasteiger partial charge in [-0.2, -0.15) is 25.4 Å². The molecule has 1 amide bonds. The molecule has 0 saturated carbocycles. The lowest BCUT2D eigenvalue weighted by molar-refractivity contribution is -0.117. The molecule has 4 N–H and O–H groups in total. The Kier molecular flexibility index (Phi) is 6.45. The molecule has 0 bridgehead atoms. The number of phenols is 1. The number of carbonyl (C=O) groups excluding carboxylic acids is 1. The Morgan fingerprint density at radius 3 is 2.54 bits per heavy atom. The van der Waals surface area contributed by atoms with Crippen LogP contribution in [0.1, 0.15) is 23.6 Å². The molecule has 0 spiro atoms. The van der Waals surface area contributed by atoms with Crippen LogP contribution in [0.5, 0.6) is 5.75 Å². The van der Waals surface area contributed by atoms with E-state index in [1.807, 2.05) is 32.0 Å². The second kappa shape index (κ2) is 9.64. The van der Waals surface area contributed by atoms with Gasteiger partial charge in [0.15, 0.2) is 17.6 Å². The van der Waals surface area contributed by atoms with Gasteiger partial charge in [-0.05, 0) is 61.7 Å². The third-order valence-electron chi connectivity index (χ3n) is 5.79. The number of para-hydroxylation sites is 1. The number of rotatable bonds is 5. The lowest BCUT2D eigenvalue weighted by Crippen LogP contribution is -2.29. The third kappa shape index (κ3) is 4.54. The fraction of sp³-hybridized carbons (Fsp3) is 0.160. The van der Waals surface area contributed by atoms with Crippen LogP contribution in [0.15, 0.2) is 86.2 Å². The van der Waals surface area contributed by atoms with Crippen LogP contribution >= 0.6 is 0 Å². The van der Waals surface area contributed by atoms with Gasteiger partial charge in [-0.25, -0.2) is 5.53 Å². The van der Waals surface area contributed by atoms with E-state index in [-0.39, 0.29) is 23.2 Å². The third-order valence-corrected chi connectivity index (χ3v) is 5.79. The number of benzene rings is 3. The molecule has 176 valence electrons. The summed E-state index contributed by atoms with van der Waals surface area (Å²) in [4.78, 5) is 13.0. The number of hydrogen-bond donors (Lipinski definition) is 3. The van der Waals surface area contributed by atoms with Gasteiger partial charge in [-0.3, -0.25) is 4.79 Å². The summed E-state index contributed by atoms with van der Waals surface area (Å²) in [7, 11) is 0. The molecule has 10 heteroatoms. The quantitative estimate of drug-likeness (QED) is 0.155. The van der Waals surface area contributed by atoms with Crippen LogP contribution in [0, 0.1) is 19.4 Å². The monoisotopic (exact) mass is 468 g/mol. The second-order valence-electron chi connectivity index (χ2n) is 8.10.